The number of nitrogens with one attached hydrogen (secondary N) is 1. The zero-order chi connectivity index (χ0) is 15.4. The number of hydrogen-bond acceptors (Lipinski definition) is 3. The number of carbonyl (C=O) groups excluding carboxylic acids is 2. The fourth-order valence-corrected chi connectivity index (χ4v) is 2.87. The summed E-state index contributed by atoms with van der Waals surface area (Å²) in [6, 6.07) is 1.78. The van der Waals surface area contributed by atoms with E-state index in [0.717, 1.165) is 32.4 Å². The Morgan fingerprint density at radius 1 is 1.48 bits per heavy atom. The highest BCUT2D eigenvalue weighted by Crippen LogP contribution is 2.17. The Kier molecular flexibility index (Phi) is 4.88. The number of nitrogens with zero attached hydrogens (tertiary/aromatic N) is 2. The average molecular weight is 292 g/mol. The first-order valence-corrected chi connectivity index (χ1v) is 7.53. The van der Waals surface area contributed by atoms with E-state index >= 15 is 0 Å². The molecule has 0 radical (unpaired) electrons. The molecule has 1 aromatic rings. The standard InChI is InChI=1S/C15H24N4O2/c1-3-6-18-9-12(16)8-14(18)15(21)19-7-4-5-13(10-19)17-11(2)20/h8-9,13H,3-7,10,16H2,1-2H3,(H,17,20). The van der Waals surface area contributed by atoms with Gasteiger partial charge < -0.3 is 20.5 Å². The number of aryl methyl sites for hydroxylation is 1. The van der Waals surface area contributed by atoms with Gasteiger partial charge in [-0.2, -0.15) is 0 Å². The van der Waals surface area contributed by atoms with Gasteiger partial charge in [0, 0.05) is 38.8 Å². The van der Waals surface area contributed by atoms with Crippen molar-refractivity contribution in [1.82, 2.24) is 14.8 Å². The Morgan fingerprint density at radius 3 is 2.90 bits per heavy atom. The van der Waals surface area contributed by atoms with Crippen LogP contribution < -0.4 is 11.1 Å². The molecule has 0 bridgehead atoms. The van der Waals surface area contributed by atoms with Crippen molar-refractivity contribution in [2.24, 2.45) is 0 Å². The number of nitrogens with two attached hydrogens (primary N) is 1. The molecular weight excluding hydrogens is 268 g/mol. The molecule has 3 N–H and O–H groups in total. The Labute approximate surface area is 125 Å². The van der Waals surface area contributed by atoms with Gasteiger partial charge in [-0.25, -0.2) is 0 Å². The molecule has 116 valence electrons. The van der Waals surface area contributed by atoms with E-state index in [4.69, 9.17) is 5.73 Å². The summed E-state index contributed by atoms with van der Waals surface area (Å²) in [4.78, 5) is 25.7. The summed E-state index contributed by atoms with van der Waals surface area (Å²) >= 11 is 0. The van der Waals surface area contributed by atoms with Crippen LogP contribution in [0.15, 0.2) is 12.3 Å². The monoisotopic (exact) mass is 292 g/mol. The van der Waals surface area contributed by atoms with Crippen LogP contribution >= 0.6 is 0 Å². The van der Waals surface area contributed by atoms with Gasteiger partial charge in [0.1, 0.15) is 5.69 Å². The number of amides is 2. The number of rotatable bonds is 4. The van der Waals surface area contributed by atoms with E-state index in [2.05, 4.69) is 12.2 Å². The number of anilines is 1. The van der Waals surface area contributed by atoms with Crippen molar-refractivity contribution in [3.63, 3.8) is 0 Å². The number of likely N-dealkylation sites (tertiary alicyclic amines) is 1. The van der Waals surface area contributed by atoms with Crippen molar-refractivity contribution in [2.75, 3.05) is 18.8 Å². The first-order valence-electron chi connectivity index (χ1n) is 7.53. The molecule has 1 aliphatic rings. The fraction of sp³-hybridized carbons (Fsp3) is 0.600. The summed E-state index contributed by atoms with van der Waals surface area (Å²) in [5.41, 5.74) is 7.07. The molecule has 1 atom stereocenters. The molecule has 0 aliphatic carbocycles. The Morgan fingerprint density at radius 2 is 2.24 bits per heavy atom. The van der Waals surface area contributed by atoms with Gasteiger partial charge in [0.05, 0.1) is 5.69 Å². The maximum atomic E-state index is 12.7. The molecule has 1 unspecified atom stereocenters. The van der Waals surface area contributed by atoms with E-state index in [1.165, 1.54) is 6.92 Å². The zero-order valence-corrected chi connectivity index (χ0v) is 12.8. The summed E-state index contributed by atoms with van der Waals surface area (Å²) in [7, 11) is 0. The molecule has 1 fully saturated rings. The van der Waals surface area contributed by atoms with Crippen LogP contribution in [0.25, 0.3) is 0 Å². The van der Waals surface area contributed by atoms with E-state index in [-0.39, 0.29) is 17.9 Å². The van der Waals surface area contributed by atoms with E-state index in [1.807, 2.05) is 15.7 Å². The fourth-order valence-electron chi connectivity index (χ4n) is 2.87. The quantitative estimate of drug-likeness (QED) is 0.875. The van der Waals surface area contributed by atoms with Gasteiger partial charge in [-0.3, -0.25) is 9.59 Å². The minimum absolute atomic E-state index is 0.00444. The van der Waals surface area contributed by atoms with Gasteiger partial charge in [0.2, 0.25) is 5.91 Å². The van der Waals surface area contributed by atoms with Gasteiger partial charge in [-0.1, -0.05) is 6.92 Å². The molecular formula is C15H24N4O2. The third-order valence-electron chi connectivity index (χ3n) is 3.72. The minimum atomic E-state index is -0.0482. The molecule has 0 spiro atoms. The lowest BCUT2D eigenvalue weighted by atomic mass is 10.1. The van der Waals surface area contributed by atoms with Gasteiger partial charge in [0.25, 0.3) is 5.91 Å². The summed E-state index contributed by atoms with van der Waals surface area (Å²) < 4.78 is 1.92. The Bertz CT molecular complexity index is 524. The number of piperidine rings is 1. The second-order valence-corrected chi connectivity index (χ2v) is 5.64. The van der Waals surface area contributed by atoms with Crippen molar-refractivity contribution < 1.29 is 9.59 Å². The van der Waals surface area contributed by atoms with Crippen LogP contribution in [-0.4, -0.2) is 40.4 Å². The minimum Gasteiger partial charge on any atom is -0.397 e. The topological polar surface area (TPSA) is 80.4 Å². The number of nitrogen functional groups attached to an aromatic ring is 1. The normalized spacial score (nSPS) is 18.6. The zero-order valence-electron chi connectivity index (χ0n) is 12.8. The van der Waals surface area contributed by atoms with Gasteiger partial charge in [-0.15, -0.1) is 0 Å². The average Bonchev–Trinajstić information content (AvgIpc) is 2.79. The predicted octanol–water partition coefficient (Wildman–Crippen LogP) is 1.22. The van der Waals surface area contributed by atoms with Crippen LogP contribution in [0.4, 0.5) is 5.69 Å². The van der Waals surface area contributed by atoms with Crippen molar-refractivity contribution in [3.8, 4) is 0 Å². The third kappa shape index (κ3) is 3.77. The molecule has 1 aliphatic heterocycles. The Hall–Kier alpha value is -1.98. The molecule has 2 rings (SSSR count). The first-order chi connectivity index (χ1) is 10.0. The van der Waals surface area contributed by atoms with E-state index in [9.17, 15) is 9.59 Å². The predicted molar refractivity (Wildman–Crippen MR) is 81.9 cm³/mol. The lowest BCUT2D eigenvalue weighted by Crippen LogP contribution is -2.49. The highest BCUT2D eigenvalue weighted by molar-refractivity contribution is 5.94. The second-order valence-electron chi connectivity index (χ2n) is 5.64. The molecule has 6 nitrogen and oxygen atoms in total. The van der Waals surface area contributed by atoms with Crippen molar-refractivity contribution in [3.05, 3.63) is 18.0 Å². The maximum absolute atomic E-state index is 12.7. The second kappa shape index (κ2) is 6.65. The molecule has 2 amide bonds. The van der Waals surface area contributed by atoms with Crippen LogP contribution in [0.3, 0.4) is 0 Å². The third-order valence-corrected chi connectivity index (χ3v) is 3.72. The molecule has 21 heavy (non-hydrogen) atoms. The van der Waals surface area contributed by atoms with E-state index in [0.29, 0.717) is 17.9 Å². The molecule has 1 aromatic heterocycles. The lowest BCUT2D eigenvalue weighted by Gasteiger charge is -2.33. The smallest absolute Gasteiger partial charge is 0.270 e. The van der Waals surface area contributed by atoms with Crippen LogP contribution in [0.1, 0.15) is 43.6 Å². The van der Waals surface area contributed by atoms with E-state index < -0.39 is 0 Å². The largest absolute Gasteiger partial charge is 0.397 e. The van der Waals surface area contributed by atoms with Crippen LogP contribution in [0.5, 0.6) is 0 Å². The van der Waals surface area contributed by atoms with Crippen molar-refractivity contribution in [2.45, 2.75) is 45.7 Å². The van der Waals surface area contributed by atoms with Crippen molar-refractivity contribution >= 4 is 17.5 Å². The Balaban J connectivity index is 2.10. The number of carbonyl (C=O) groups is 2. The lowest BCUT2D eigenvalue weighted by molar-refractivity contribution is -0.120. The number of aromatic nitrogens is 1. The van der Waals surface area contributed by atoms with E-state index in [1.54, 1.807) is 6.07 Å². The first kappa shape index (κ1) is 15.4. The summed E-state index contributed by atoms with van der Waals surface area (Å²) in [5.74, 6) is -0.0527. The SMILES string of the molecule is CCCn1cc(N)cc1C(=O)N1CCCC(NC(C)=O)C1. The molecule has 6 heteroatoms. The van der Waals surface area contributed by atoms with Gasteiger partial charge in [-0.05, 0) is 25.3 Å². The maximum Gasteiger partial charge on any atom is 0.270 e. The van der Waals surface area contributed by atoms with Crippen LogP contribution in [-0.2, 0) is 11.3 Å². The van der Waals surface area contributed by atoms with Gasteiger partial charge >= 0.3 is 0 Å². The van der Waals surface area contributed by atoms with Crippen molar-refractivity contribution in [1.29, 1.82) is 0 Å². The molecule has 0 aromatic carbocycles. The molecule has 0 saturated carbocycles. The highest BCUT2D eigenvalue weighted by atomic mass is 16.2. The molecule has 2 heterocycles. The molecule has 1 saturated heterocycles. The summed E-state index contributed by atoms with van der Waals surface area (Å²) in [5, 5.41) is 2.90. The number of hydrogen-bond donors (Lipinski definition) is 2. The van der Waals surface area contributed by atoms with Crippen LogP contribution in [0.2, 0.25) is 0 Å². The van der Waals surface area contributed by atoms with Gasteiger partial charge in [0.15, 0.2) is 0 Å². The van der Waals surface area contributed by atoms with Crippen LogP contribution in [0, 0.1) is 0 Å². The highest BCUT2D eigenvalue weighted by Gasteiger charge is 2.26. The summed E-state index contributed by atoms with van der Waals surface area (Å²) in [6.45, 7) is 5.65. The summed E-state index contributed by atoms with van der Waals surface area (Å²) in [6.07, 6.45) is 4.58.